The molecule has 0 saturated carbocycles. The van der Waals surface area contributed by atoms with Crippen molar-refractivity contribution in [1.82, 2.24) is 14.9 Å². The Bertz CT molecular complexity index is 908. The molecule has 2 aromatic carbocycles. The van der Waals surface area contributed by atoms with Crippen LogP contribution in [-0.4, -0.2) is 21.4 Å². The highest BCUT2D eigenvalue weighted by atomic mass is 19.1. The summed E-state index contributed by atoms with van der Waals surface area (Å²) in [6.07, 6.45) is 5.40. The van der Waals surface area contributed by atoms with E-state index in [1.165, 1.54) is 12.1 Å². The smallest absolute Gasteiger partial charge is 0.251 e. The van der Waals surface area contributed by atoms with E-state index in [1.807, 2.05) is 4.57 Å². The van der Waals surface area contributed by atoms with Crippen molar-refractivity contribution in [2.75, 3.05) is 5.32 Å². The Hall–Kier alpha value is -3.48. The molecule has 0 spiro atoms. The fourth-order valence-corrected chi connectivity index (χ4v) is 2.50. The summed E-state index contributed by atoms with van der Waals surface area (Å²) in [6, 6.07) is 12.7. The maximum atomic E-state index is 12.9. The van der Waals surface area contributed by atoms with E-state index in [-0.39, 0.29) is 17.6 Å². The Morgan fingerprint density at radius 2 is 1.93 bits per heavy atom. The van der Waals surface area contributed by atoms with Gasteiger partial charge in [0.25, 0.3) is 5.91 Å². The number of hydrogen-bond donors (Lipinski definition) is 2. The van der Waals surface area contributed by atoms with Crippen molar-refractivity contribution in [2.24, 2.45) is 0 Å². The minimum Gasteiger partial charge on any atom is -0.348 e. The van der Waals surface area contributed by atoms with Gasteiger partial charge in [0.1, 0.15) is 5.82 Å². The van der Waals surface area contributed by atoms with Gasteiger partial charge in [0.05, 0.1) is 6.33 Å². The number of carbonyl (C=O) groups is 2. The summed E-state index contributed by atoms with van der Waals surface area (Å²) >= 11 is 0. The molecule has 0 aliphatic carbocycles. The van der Waals surface area contributed by atoms with Crippen molar-refractivity contribution in [3.8, 4) is 0 Å². The second kappa shape index (κ2) is 8.75. The summed E-state index contributed by atoms with van der Waals surface area (Å²) in [6.45, 7) is 0.824. The topological polar surface area (TPSA) is 76.0 Å². The highest BCUT2D eigenvalue weighted by Crippen LogP contribution is 2.12. The van der Waals surface area contributed by atoms with Gasteiger partial charge in [0.2, 0.25) is 5.91 Å². The van der Waals surface area contributed by atoms with Crippen LogP contribution < -0.4 is 10.6 Å². The quantitative estimate of drug-likeness (QED) is 0.675. The van der Waals surface area contributed by atoms with Crippen LogP contribution in [0.15, 0.2) is 67.3 Å². The Morgan fingerprint density at radius 1 is 1.11 bits per heavy atom. The highest BCUT2D eigenvalue weighted by molar-refractivity contribution is 5.97. The van der Waals surface area contributed by atoms with Crippen LogP contribution in [0.25, 0.3) is 0 Å². The van der Waals surface area contributed by atoms with E-state index >= 15 is 0 Å². The molecule has 0 saturated heterocycles. The second-order valence-electron chi connectivity index (χ2n) is 5.99. The molecule has 0 atom stereocenters. The molecule has 3 aromatic rings. The maximum Gasteiger partial charge on any atom is 0.251 e. The number of nitrogens with zero attached hydrogens (tertiary/aromatic N) is 2. The lowest BCUT2D eigenvalue weighted by Gasteiger charge is -2.09. The number of imidazole rings is 1. The van der Waals surface area contributed by atoms with Gasteiger partial charge in [-0.1, -0.05) is 18.2 Å². The predicted octanol–water partition coefficient (Wildman–Crippen LogP) is 2.98. The number of nitrogens with one attached hydrogen (secondary N) is 2. The number of aromatic nitrogens is 2. The zero-order chi connectivity index (χ0) is 19.1. The van der Waals surface area contributed by atoms with E-state index in [0.717, 1.165) is 5.56 Å². The summed E-state index contributed by atoms with van der Waals surface area (Å²) in [5.41, 5.74) is 1.79. The lowest BCUT2D eigenvalue weighted by molar-refractivity contribution is -0.116. The third kappa shape index (κ3) is 5.50. The van der Waals surface area contributed by atoms with Gasteiger partial charge in [0, 0.05) is 43.2 Å². The van der Waals surface area contributed by atoms with Crippen molar-refractivity contribution in [1.29, 1.82) is 0 Å². The fourth-order valence-electron chi connectivity index (χ4n) is 2.50. The molecule has 0 fully saturated rings. The third-order valence-electron chi connectivity index (χ3n) is 3.93. The molecule has 3 rings (SSSR count). The number of benzene rings is 2. The molecule has 1 heterocycles. The summed E-state index contributed by atoms with van der Waals surface area (Å²) in [4.78, 5) is 28.3. The monoisotopic (exact) mass is 366 g/mol. The van der Waals surface area contributed by atoms with Gasteiger partial charge < -0.3 is 15.2 Å². The lowest BCUT2D eigenvalue weighted by atomic mass is 10.1. The minimum absolute atomic E-state index is 0.146. The van der Waals surface area contributed by atoms with E-state index in [1.54, 1.807) is 55.1 Å². The van der Waals surface area contributed by atoms with E-state index < -0.39 is 0 Å². The average molecular weight is 366 g/mol. The Kier molecular flexibility index (Phi) is 5.94. The van der Waals surface area contributed by atoms with Crippen LogP contribution in [0.2, 0.25) is 0 Å². The van der Waals surface area contributed by atoms with E-state index in [2.05, 4.69) is 15.6 Å². The van der Waals surface area contributed by atoms with Gasteiger partial charge in [-0.15, -0.1) is 0 Å². The lowest BCUT2D eigenvalue weighted by Crippen LogP contribution is -2.23. The van der Waals surface area contributed by atoms with Gasteiger partial charge in [-0.3, -0.25) is 9.59 Å². The highest BCUT2D eigenvalue weighted by Gasteiger charge is 2.08. The fraction of sp³-hybridized carbons (Fsp3) is 0.150. The summed E-state index contributed by atoms with van der Waals surface area (Å²) < 4.78 is 14.7. The molecular weight excluding hydrogens is 347 g/mol. The van der Waals surface area contributed by atoms with Crippen molar-refractivity contribution in [3.63, 3.8) is 0 Å². The Labute approximate surface area is 156 Å². The molecule has 0 aliphatic heterocycles. The Morgan fingerprint density at radius 3 is 2.67 bits per heavy atom. The van der Waals surface area contributed by atoms with Crippen molar-refractivity contribution < 1.29 is 14.0 Å². The molecule has 2 N–H and O–H groups in total. The number of hydrogen-bond acceptors (Lipinski definition) is 3. The van der Waals surface area contributed by atoms with Crippen LogP contribution in [0.3, 0.4) is 0 Å². The van der Waals surface area contributed by atoms with Crippen LogP contribution in [0, 0.1) is 5.82 Å². The van der Waals surface area contributed by atoms with Crippen LogP contribution in [0.5, 0.6) is 0 Å². The maximum absolute atomic E-state index is 12.9. The van der Waals surface area contributed by atoms with Gasteiger partial charge in [-0.25, -0.2) is 9.37 Å². The molecule has 27 heavy (non-hydrogen) atoms. The number of rotatable bonds is 7. The molecule has 2 amide bonds. The number of amides is 2. The summed E-state index contributed by atoms with van der Waals surface area (Å²) in [5, 5.41) is 5.56. The first-order valence-electron chi connectivity index (χ1n) is 8.48. The van der Waals surface area contributed by atoms with Crippen LogP contribution in [0.4, 0.5) is 10.1 Å². The molecule has 0 bridgehead atoms. The molecule has 6 nitrogen and oxygen atoms in total. The minimum atomic E-state index is -0.318. The molecule has 7 heteroatoms. The van der Waals surface area contributed by atoms with E-state index in [9.17, 15) is 14.0 Å². The van der Waals surface area contributed by atoms with Gasteiger partial charge in [-0.2, -0.15) is 0 Å². The SMILES string of the molecule is O=C(CCn1ccnc1)Nc1cccc(C(=O)NCc2ccc(F)cc2)c1. The zero-order valence-corrected chi connectivity index (χ0v) is 14.6. The van der Waals surface area contributed by atoms with E-state index in [0.29, 0.717) is 30.8 Å². The van der Waals surface area contributed by atoms with Crippen molar-refractivity contribution >= 4 is 17.5 Å². The normalized spacial score (nSPS) is 10.4. The van der Waals surface area contributed by atoms with Crippen molar-refractivity contribution in [2.45, 2.75) is 19.5 Å². The van der Waals surface area contributed by atoms with Crippen LogP contribution in [0.1, 0.15) is 22.3 Å². The molecule has 0 radical (unpaired) electrons. The third-order valence-corrected chi connectivity index (χ3v) is 3.93. The average Bonchev–Trinajstić information content (AvgIpc) is 3.19. The first-order chi connectivity index (χ1) is 13.1. The molecular formula is C20H19FN4O2. The first kappa shape index (κ1) is 18.3. The Balaban J connectivity index is 1.53. The van der Waals surface area contributed by atoms with Gasteiger partial charge in [-0.05, 0) is 35.9 Å². The largest absolute Gasteiger partial charge is 0.348 e. The standard InChI is InChI=1S/C20H19FN4O2/c21-17-6-4-15(5-7-17)13-23-20(27)16-2-1-3-18(12-16)24-19(26)8-10-25-11-9-22-14-25/h1-7,9,11-12,14H,8,10,13H2,(H,23,27)(H,24,26). The summed E-state index contributed by atoms with van der Waals surface area (Å²) in [7, 11) is 0. The second-order valence-corrected chi connectivity index (χ2v) is 5.99. The molecule has 0 unspecified atom stereocenters. The molecule has 138 valence electrons. The number of halogens is 1. The van der Waals surface area contributed by atoms with Gasteiger partial charge in [0.15, 0.2) is 0 Å². The van der Waals surface area contributed by atoms with Crippen LogP contribution >= 0.6 is 0 Å². The predicted molar refractivity (Wildman–Crippen MR) is 99.5 cm³/mol. The van der Waals surface area contributed by atoms with Gasteiger partial charge >= 0.3 is 0 Å². The molecule has 0 aliphatic rings. The van der Waals surface area contributed by atoms with E-state index in [4.69, 9.17) is 0 Å². The molecule has 1 aromatic heterocycles. The number of anilines is 1. The van der Waals surface area contributed by atoms with Crippen molar-refractivity contribution in [3.05, 3.63) is 84.2 Å². The number of carbonyl (C=O) groups excluding carboxylic acids is 2. The first-order valence-corrected chi connectivity index (χ1v) is 8.48. The van der Waals surface area contributed by atoms with Crippen LogP contribution in [-0.2, 0) is 17.9 Å². The zero-order valence-electron chi connectivity index (χ0n) is 14.6. The number of aryl methyl sites for hydroxylation is 1. The summed E-state index contributed by atoms with van der Waals surface area (Å²) in [5.74, 6) is -0.733.